The van der Waals surface area contributed by atoms with E-state index in [2.05, 4.69) is 22.5 Å². The van der Waals surface area contributed by atoms with Crippen LogP contribution in [-0.2, 0) is 11.4 Å². The van der Waals surface area contributed by atoms with E-state index in [9.17, 15) is 9.59 Å². The number of hydrogen-bond donors (Lipinski definition) is 0. The van der Waals surface area contributed by atoms with Gasteiger partial charge in [0.05, 0.1) is 16.5 Å². The van der Waals surface area contributed by atoms with Crippen LogP contribution in [0.15, 0.2) is 58.4 Å². The standard InChI is InChI=1S/C22H19BrClNO4S/c1-3-9-25-21(26)19(30-22(25)27)12-15-10-17(24)20(18(11-15)28-4-2)29-13-14-5-7-16(23)8-6-14/h3,5-8,10-12H,1,4,9,13H2,2H3/b19-12+. The van der Waals surface area contributed by atoms with Crippen molar-refractivity contribution in [1.29, 1.82) is 0 Å². The average Bonchev–Trinajstić information content (AvgIpc) is 2.97. The van der Waals surface area contributed by atoms with E-state index in [1.54, 1.807) is 18.2 Å². The number of imide groups is 1. The van der Waals surface area contributed by atoms with E-state index in [1.165, 1.54) is 6.08 Å². The zero-order valence-electron chi connectivity index (χ0n) is 16.2. The molecule has 0 bridgehead atoms. The Morgan fingerprint density at radius 1 is 1.20 bits per heavy atom. The summed E-state index contributed by atoms with van der Waals surface area (Å²) in [7, 11) is 0. The Hall–Kier alpha value is -2.22. The molecule has 1 heterocycles. The van der Waals surface area contributed by atoms with Gasteiger partial charge in [-0.25, -0.2) is 0 Å². The molecular weight excluding hydrogens is 490 g/mol. The lowest BCUT2D eigenvalue weighted by Gasteiger charge is -2.15. The van der Waals surface area contributed by atoms with Gasteiger partial charge in [0.1, 0.15) is 6.61 Å². The molecule has 0 aliphatic carbocycles. The van der Waals surface area contributed by atoms with Crippen LogP contribution in [0.2, 0.25) is 5.02 Å². The second-order valence-corrected chi connectivity index (χ2v) is 8.58. The number of hydrogen-bond acceptors (Lipinski definition) is 5. The van der Waals surface area contributed by atoms with Gasteiger partial charge in [0.25, 0.3) is 11.1 Å². The quantitative estimate of drug-likeness (QED) is 0.309. The number of carbonyl (C=O) groups excluding carboxylic acids is 2. The molecule has 0 spiro atoms. The molecule has 2 aromatic rings. The van der Waals surface area contributed by atoms with Crippen LogP contribution in [0.1, 0.15) is 18.1 Å². The summed E-state index contributed by atoms with van der Waals surface area (Å²) in [5, 5.41) is 0.0337. The Balaban J connectivity index is 1.85. The molecule has 1 aliphatic rings. The largest absolute Gasteiger partial charge is 0.490 e. The third kappa shape index (κ3) is 5.28. The van der Waals surface area contributed by atoms with Crippen LogP contribution >= 0.6 is 39.3 Å². The van der Waals surface area contributed by atoms with Crippen molar-refractivity contribution >= 4 is 56.5 Å². The number of halogens is 2. The van der Waals surface area contributed by atoms with Crippen LogP contribution in [0, 0.1) is 0 Å². The Morgan fingerprint density at radius 3 is 2.60 bits per heavy atom. The first-order chi connectivity index (χ1) is 14.4. The molecule has 8 heteroatoms. The number of rotatable bonds is 8. The molecule has 3 rings (SSSR count). The SMILES string of the molecule is C=CCN1C(=O)S/C(=C/c2cc(Cl)c(OCc3ccc(Br)cc3)c(OCC)c2)C1=O. The Labute approximate surface area is 192 Å². The molecule has 0 N–H and O–H groups in total. The van der Waals surface area contributed by atoms with E-state index in [0.717, 1.165) is 26.7 Å². The van der Waals surface area contributed by atoms with Gasteiger partial charge >= 0.3 is 0 Å². The molecule has 0 aromatic heterocycles. The van der Waals surface area contributed by atoms with Crippen LogP contribution < -0.4 is 9.47 Å². The molecule has 0 atom stereocenters. The van der Waals surface area contributed by atoms with Crippen molar-refractivity contribution in [3.63, 3.8) is 0 Å². The number of ether oxygens (including phenoxy) is 2. The van der Waals surface area contributed by atoms with E-state index in [1.807, 2.05) is 31.2 Å². The Morgan fingerprint density at radius 2 is 1.93 bits per heavy atom. The minimum atomic E-state index is -0.352. The Kier molecular flexibility index (Phi) is 7.64. The van der Waals surface area contributed by atoms with E-state index >= 15 is 0 Å². The summed E-state index contributed by atoms with van der Waals surface area (Å²) in [5.74, 6) is 0.548. The topological polar surface area (TPSA) is 55.8 Å². The van der Waals surface area contributed by atoms with E-state index in [-0.39, 0.29) is 17.7 Å². The third-order valence-corrected chi connectivity index (χ3v) is 5.83. The van der Waals surface area contributed by atoms with Crippen molar-refractivity contribution in [1.82, 2.24) is 4.90 Å². The minimum Gasteiger partial charge on any atom is -0.490 e. The highest BCUT2D eigenvalue weighted by atomic mass is 79.9. The van der Waals surface area contributed by atoms with Gasteiger partial charge in [0.2, 0.25) is 0 Å². The molecule has 1 saturated heterocycles. The molecule has 30 heavy (non-hydrogen) atoms. The molecule has 0 radical (unpaired) electrons. The fourth-order valence-electron chi connectivity index (χ4n) is 2.75. The molecule has 1 aliphatic heterocycles. The van der Waals surface area contributed by atoms with Crippen molar-refractivity contribution in [3.8, 4) is 11.5 Å². The molecule has 0 saturated carbocycles. The highest BCUT2D eigenvalue weighted by Gasteiger charge is 2.34. The van der Waals surface area contributed by atoms with E-state index in [4.69, 9.17) is 21.1 Å². The first-order valence-corrected chi connectivity index (χ1v) is 11.1. The van der Waals surface area contributed by atoms with Crippen LogP contribution in [0.25, 0.3) is 6.08 Å². The monoisotopic (exact) mass is 507 g/mol. The van der Waals surface area contributed by atoms with Gasteiger partial charge in [-0.15, -0.1) is 6.58 Å². The number of amides is 2. The van der Waals surface area contributed by atoms with Gasteiger partial charge in [-0.2, -0.15) is 0 Å². The summed E-state index contributed by atoms with van der Waals surface area (Å²) in [6, 6.07) is 11.2. The fourth-order valence-corrected chi connectivity index (χ4v) is 4.13. The zero-order valence-corrected chi connectivity index (χ0v) is 19.4. The minimum absolute atomic E-state index is 0.176. The maximum absolute atomic E-state index is 12.4. The second kappa shape index (κ2) is 10.2. The molecule has 156 valence electrons. The number of benzene rings is 2. The molecule has 0 unspecified atom stereocenters. The van der Waals surface area contributed by atoms with Gasteiger partial charge in [0, 0.05) is 11.0 Å². The van der Waals surface area contributed by atoms with Crippen molar-refractivity contribution in [2.75, 3.05) is 13.2 Å². The highest BCUT2D eigenvalue weighted by Crippen LogP contribution is 2.39. The van der Waals surface area contributed by atoms with Crippen LogP contribution in [-0.4, -0.2) is 29.2 Å². The van der Waals surface area contributed by atoms with Crippen LogP contribution in [0.3, 0.4) is 0 Å². The fraction of sp³-hybridized carbons (Fsp3) is 0.182. The summed E-state index contributed by atoms with van der Waals surface area (Å²) >= 11 is 10.8. The van der Waals surface area contributed by atoms with Crippen molar-refractivity contribution in [2.24, 2.45) is 0 Å². The first-order valence-electron chi connectivity index (χ1n) is 9.12. The average molecular weight is 509 g/mol. The summed E-state index contributed by atoms with van der Waals surface area (Å²) < 4.78 is 12.6. The Bertz CT molecular complexity index is 1010. The molecule has 2 amide bonds. The van der Waals surface area contributed by atoms with Gasteiger partial charge in [-0.1, -0.05) is 45.7 Å². The lowest BCUT2D eigenvalue weighted by Crippen LogP contribution is -2.27. The number of carbonyl (C=O) groups is 2. The van der Waals surface area contributed by atoms with Crippen LogP contribution in [0.5, 0.6) is 11.5 Å². The molecular formula is C22H19BrClNO4S. The number of nitrogens with zero attached hydrogens (tertiary/aromatic N) is 1. The number of thioether (sulfide) groups is 1. The summed E-state index contributed by atoms with van der Waals surface area (Å²) in [5.41, 5.74) is 1.63. The zero-order chi connectivity index (χ0) is 21.7. The first kappa shape index (κ1) is 22.5. The molecule has 1 fully saturated rings. The van der Waals surface area contributed by atoms with Crippen molar-refractivity contribution < 1.29 is 19.1 Å². The van der Waals surface area contributed by atoms with Crippen molar-refractivity contribution in [2.45, 2.75) is 13.5 Å². The second-order valence-electron chi connectivity index (χ2n) is 6.26. The summed E-state index contributed by atoms with van der Waals surface area (Å²) in [4.78, 5) is 25.9. The van der Waals surface area contributed by atoms with E-state index in [0.29, 0.717) is 40.2 Å². The predicted octanol–water partition coefficient (Wildman–Crippen LogP) is 6.30. The summed E-state index contributed by atoms with van der Waals surface area (Å²) in [6.45, 7) is 6.36. The van der Waals surface area contributed by atoms with Gasteiger partial charge in [-0.05, 0) is 60.2 Å². The molecule has 5 nitrogen and oxygen atoms in total. The van der Waals surface area contributed by atoms with Gasteiger partial charge < -0.3 is 9.47 Å². The smallest absolute Gasteiger partial charge is 0.293 e. The third-order valence-electron chi connectivity index (χ3n) is 4.11. The maximum Gasteiger partial charge on any atom is 0.293 e. The van der Waals surface area contributed by atoms with Gasteiger partial charge in [0.15, 0.2) is 11.5 Å². The maximum atomic E-state index is 12.4. The highest BCUT2D eigenvalue weighted by molar-refractivity contribution is 9.10. The summed E-state index contributed by atoms with van der Waals surface area (Å²) in [6.07, 6.45) is 3.14. The lowest BCUT2D eigenvalue weighted by atomic mass is 10.1. The predicted molar refractivity (Wildman–Crippen MR) is 124 cm³/mol. The normalized spacial score (nSPS) is 15.0. The van der Waals surface area contributed by atoms with E-state index < -0.39 is 0 Å². The van der Waals surface area contributed by atoms with Crippen molar-refractivity contribution in [3.05, 3.63) is 74.6 Å². The van der Waals surface area contributed by atoms with Crippen LogP contribution in [0.4, 0.5) is 4.79 Å². The van der Waals surface area contributed by atoms with Gasteiger partial charge in [-0.3, -0.25) is 14.5 Å². The molecule has 2 aromatic carbocycles. The lowest BCUT2D eigenvalue weighted by molar-refractivity contribution is -0.122.